The first-order valence-electron chi connectivity index (χ1n) is 4.33. The Morgan fingerprint density at radius 1 is 1.54 bits per heavy atom. The molecule has 0 aromatic heterocycles. The Morgan fingerprint density at radius 3 is 2.38 bits per heavy atom. The van der Waals surface area contributed by atoms with Crippen LogP contribution in [0.1, 0.15) is 20.8 Å². The van der Waals surface area contributed by atoms with E-state index in [1.54, 1.807) is 0 Å². The summed E-state index contributed by atoms with van der Waals surface area (Å²) in [7, 11) is 0. The van der Waals surface area contributed by atoms with Crippen molar-refractivity contribution in [2.24, 2.45) is 11.8 Å². The molecule has 2 N–H and O–H groups in total. The first-order valence-corrected chi connectivity index (χ1v) is 4.33. The van der Waals surface area contributed by atoms with E-state index in [4.69, 9.17) is 10.4 Å². The van der Waals surface area contributed by atoms with E-state index in [1.165, 1.54) is 6.92 Å². The summed E-state index contributed by atoms with van der Waals surface area (Å²) in [6.45, 7) is 5.24. The molecular weight excluding hydrogens is 168 g/mol. The molecule has 0 rings (SSSR count). The van der Waals surface area contributed by atoms with Gasteiger partial charge in [0, 0.05) is 0 Å². The minimum atomic E-state index is -0.659. The van der Waals surface area contributed by atoms with Crippen LogP contribution in [0.3, 0.4) is 0 Å². The zero-order chi connectivity index (χ0) is 10.4. The highest BCUT2D eigenvalue weighted by Gasteiger charge is 2.18. The molecular formula is C9H16N2O2. The van der Waals surface area contributed by atoms with E-state index in [1.807, 2.05) is 19.9 Å². The number of rotatable bonds is 4. The predicted octanol–water partition coefficient (Wildman–Crippen LogP) is 0.279. The number of carbonyl (C=O) groups is 1. The van der Waals surface area contributed by atoms with Gasteiger partial charge in [-0.15, -0.1) is 0 Å². The van der Waals surface area contributed by atoms with Gasteiger partial charge in [0.1, 0.15) is 5.92 Å². The number of hydrogen-bond acceptors (Lipinski definition) is 3. The molecule has 0 aliphatic heterocycles. The fourth-order valence-electron chi connectivity index (χ4n) is 0.789. The van der Waals surface area contributed by atoms with E-state index in [9.17, 15) is 4.79 Å². The molecule has 0 heterocycles. The molecule has 4 heteroatoms. The summed E-state index contributed by atoms with van der Waals surface area (Å²) < 4.78 is 0. The molecule has 0 saturated carbocycles. The third-order valence-corrected chi connectivity index (χ3v) is 1.92. The Kier molecular flexibility index (Phi) is 5.09. The van der Waals surface area contributed by atoms with Crippen LogP contribution in [0.2, 0.25) is 0 Å². The van der Waals surface area contributed by atoms with E-state index in [0.29, 0.717) is 0 Å². The molecule has 0 aliphatic rings. The molecule has 1 amide bonds. The van der Waals surface area contributed by atoms with E-state index in [-0.39, 0.29) is 24.5 Å². The molecule has 0 aliphatic carbocycles. The number of hydrogen-bond donors (Lipinski definition) is 2. The van der Waals surface area contributed by atoms with E-state index >= 15 is 0 Å². The summed E-state index contributed by atoms with van der Waals surface area (Å²) in [6.07, 6.45) is 0. The number of aliphatic hydroxyl groups is 1. The molecule has 0 radical (unpaired) electrons. The van der Waals surface area contributed by atoms with Crippen molar-refractivity contribution in [3.05, 3.63) is 0 Å². The van der Waals surface area contributed by atoms with Crippen LogP contribution in [0, 0.1) is 23.2 Å². The fraction of sp³-hybridized carbons (Fsp3) is 0.778. The van der Waals surface area contributed by atoms with Gasteiger partial charge in [0.25, 0.3) is 0 Å². The first kappa shape index (κ1) is 11.9. The molecule has 0 aromatic rings. The summed E-state index contributed by atoms with van der Waals surface area (Å²) in [5, 5.41) is 20.0. The van der Waals surface area contributed by atoms with Gasteiger partial charge in [0.15, 0.2) is 0 Å². The Bertz CT molecular complexity index is 208. The number of nitriles is 1. The van der Waals surface area contributed by atoms with Crippen molar-refractivity contribution in [3.8, 4) is 6.07 Å². The fourth-order valence-corrected chi connectivity index (χ4v) is 0.789. The van der Waals surface area contributed by atoms with Crippen molar-refractivity contribution in [1.82, 2.24) is 5.32 Å². The summed E-state index contributed by atoms with van der Waals surface area (Å²) in [4.78, 5) is 11.2. The topological polar surface area (TPSA) is 73.1 Å². The zero-order valence-corrected chi connectivity index (χ0v) is 8.24. The van der Waals surface area contributed by atoms with Crippen molar-refractivity contribution < 1.29 is 9.90 Å². The van der Waals surface area contributed by atoms with Crippen molar-refractivity contribution in [2.45, 2.75) is 26.8 Å². The monoisotopic (exact) mass is 184 g/mol. The molecule has 0 spiro atoms. The lowest BCUT2D eigenvalue weighted by Crippen LogP contribution is -2.43. The van der Waals surface area contributed by atoms with Crippen LogP contribution < -0.4 is 5.32 Å². The van der Waals surface area contributed by atoms with Gasteiger partial charge < -0.3 is 10.4 Å². The Balaban J connectivity index is 4.11. The van der Waals surface area contributed by atoms with Crippen molar-refractivity contribution in [2.75, 3.05) is 6.61 Å². The molecule has 2 atom stereocenters. The molecule has 13 heavy (non-hydrogen) atoms. The zero-order valence-electron chi connectivity index (χ0n) is 8.24. The molecule has 0 bridgehead atoms. The lowest BCUT2D eigenvalue weighted by molar-refractivity contribution is -0.124. The Hall–Kier alpha value is -1.08. The van der Waals surface area contributed by atoms with E-state index < -0.39 is 5.92 Å². The number of amides is 1. The van der Waals surface area contributed by atoms with Crippen molar-refractivity contribution in [3.63, 3.8) is 0 Å². The lowest BCUT2D eigenvalue weighted by atomic mass is 10.0. The van der Waals surface area contributed by atoms with Crippen molar-refractivity contribution >= 4 is 5.91 Å². The SMILES string of the molecule is CC(C#N)C(=O)NC(CO)C(C)C. The number of nitrogens with zero attached hydrogens (tertiary/aromatic N) is 1. The van der Waals surface area contributed by atoms with Gasteiger partial charge in [-0.1, -0.05) is 13.8 Å². The molecule has 2 unspecified atom stereocenters. The first-order chi connectivity index (χ1) is 6.02. The summed E-state index contributed by atoms with van der Waals surface area (Å²) in [5.41, 5.74) is 0. The average Bonchev–Trinajstić information content (AvgIpc) is 2.11. The second-order valence-corrected chi connectivity index (χ2v) is 3.39. The summed E-state index contributed by atoms with van der Waals surface area (Å²) >= 11 is 0. The average molecular weight is 184 g/mol. The highest BCUT2D eigenvalue weighted by molar-refractivity contribution is 5.80. The quantitative estimate of drug-likeness (QED) is 0.659. The van der Waals surface area contributed by atoms with Gasteiger partial charge in [0.05, 0.1) is 18.7 Å². The van der Waals surface area contributed by atoms with Crippen molar-refractivity contribution in [1.29, 1.82) is 5.26 Å². The second kappa shape index (κ2) is 5.55. The number of nitrogens with one attached hydrogen (secondary N) is 1. The van der Waals surface area contributed by atoms with Crippen LogP contribution in [0.4, 0.5) is 0 Å². The number of aliphatic hydroxyl groups excluding tert-OH is 1. The molecule has 0 saturated heterocycles. The molecule has 4 nitrogen and oxygen atoms in total. The summed E-state index contributed by atoms with van der Waals surface area (Å²) in [5.74, 6) is -0.817. The van der Waals surface area contributed by atoms with Gasteiger partial charge in [-0.25, -0.2) is 0 Å². The van der Waals surface area contributed by atoms with Crippen LogP contribution in [0.25, 0.3) is 0 Å². The minimum absolute atomic E-state index is 0.0957. The van der Waals surface area contributed by atoms with Crippen LogP contribution in [0.15, 0.2) is 0 Å². The minimum Gasteiger partial charge on any atom is -0.394 e. The molecule has 74 valence electrons. The largest absolute Gasteiger partial charge is 0.394 e. The maximum atomic E-state index is 11.2. The van der Waals surface area contributed by atoms with Crippen LogP contribution >= 0.6 is 0 Å². The molecule has 0 fully saturated rings. The molecule has 0 aromatic carbocycles. The maximum absolute atomic E-state index is 11.2. The Morgan fingerprint density at radius 2 is 2.08 bits per heavy atom. The lowest BCUT2D eigenvalue weighted by Gasteiger charge is -2.20. The smallest absolute Gasteiger partial charge is 0.237 e. The number of carbonyl (C=O) groups excluding carboxylic acids is 1. The van der Waals surface area contributed by atoms with Gasteiger partial charge >= 0.3 is 0 Å². The van der Waals surface area contributed by atoms with Crippen LogP contribution in [-0.2, 0) is 4.79 Å². The van der Waals surface area contributed by atoms with Gasteiger partial charge in [-0.2, -0.15) is 5.26 Å². The summed E-state index contributed by atoms with van der Waals surface area (Å²) in [6, 6.07) is 1.58. The second-order valence-electron chi connectivity index (χ2n) is 3.39. The van der Waals surface area contributed by atoms with Crippen LogP contribution in [-0.4, -0.2) is 23.7 Å². The predicted molar refractivity (Wildman–Crippen MR) is 48.6 cm³/mol. The van der Waals surface area contributed by atoms with Gasteiger partial charge in [-0.05, 0) is 12.8 Å². The van der Waals surface area contributed by atoms with E-state index in [0.717, 1.165) is 0 Å². The van der Waals surface area contributed by atoms with Gasteiger partial charge in [-0.3, -0.25) is 4.79 Å². The Labute approximate surface area is 78.6 Å². The highest BCUT2D eigenvalue weighted by Crippen LogP contribution is 2.02. The highest BCUT2D eigenvalue weighted by atomic mass is 16.3. The third kappa shape index (κ3) is 3.90. The van der Waals surface area contributed by atoms with Gasteiger partial charge in [0.2, 0.25) is 5.91 Å². The maximum Gasteiger partial charge on any atom is 0.237 e. The third-order valence-electron chi connectivity index (χ3n) is 1.92. The normalized spacial score (nSPS) is 14.8. The van der Waals surface area contributed by atoms with E-state index in [2.05, 4.69) is 5.32 Å². The standard InChI is InChI=1S/C9H16N2O2/c1-6(2)8(5-12)11-9(13)7(3)4-10/h6-8,12H,5H2,1-3H3,(H,11,13). The van der Waals surface area contributed by atoms with Crippen LogP contribution in [0.5, 0.6) is 0 Å².